The molecular weight excluding hydrogens is 1450 g/mol. The van der Waals surface area contributed by atoms with E-state index >= 15 is 28.0 Å². The van der Waals surface area contributed by atoms with Gasteiger partial charge in [0, 0.05) is 113 Å². The second-order valence-corrected chi connectivity index (χ2v) is 30.8. The number of benzene rings is 4. The Balaban J connectivity index is 0.939. The largest absolute Gasteiger partial charge is 0.481 e. The number of aliphatic carboxylic acids is 1. The maximum atomic E-state index is 15.6. The van der Waals surface area contributed by atoms with Crippen molar-refractivity contribution in [3.63, 3.8) is 0 Å². The monoisotopic (exact) mass is 1540 g/mol. The first kappa shape index (κ1) is 80.5. The second-order valence-electron chi connectivity index (χ2n) is 28.6. The number of unbranched alkanes of at least 4 members (excludes halogenated alkanes) is 1. The molecule has 4 aliphatic rings. The number of carboxylic acids is 1. The molecule has 9 amide bonds. The van der Waals surface area contributed by atoms with Gasteiger partial charge < -0.3 is 79.2 Å². The van der Waals surface area contributed by atoms with E-state index in [1.807, 2.05) is 24.3 Å². The molecule has 6 heterocycles. The Bertz CT molecular complexity index is 4440. The van der Waals surface area contributed by atoms with Crippen molar-refractivity contribution in [3.8, 4) is 0 Å². The lowest BCUT2D eigenvalue weighted by Gasteiger charge is -2.36. The standard InChI is InChI=1S/C76H95F3N16O12S2/c77-47-13-16-54-51(29-47)44(34-82-54)26-58-70(102)89-59(27-45-35-83-55-17-14-48(78)30-52(45)55)71(103)91-61(33-67(98)99)73(105)90-60(32-50-37-86-76(94-50)20-4-1-2-5-21-76)72(104)92-62(28-46-36-84-56-18-15-49(79)31-53(46)56)75(107)95-23-8-12-64(95)74(106)93-63(68(81)100)41-109-40-43-10-7-9-42(25-43)39-108-24-19-65(96)87-57(11-3-6-22-80)69(101)85-38-66(97)88-58/h7,9-10,13-18,25,29-31,34-36,50,57-64,75,82-84,86,94,107H,1-6,8,11-12,19-24,26-28,32-33,37-41,80H2,(H2,81,100)(H,85,101)(H,87,96)(H,88,97)(H,89,102)(H,90,105)(H,91,103)(H,92,104)(H,93,106)(H,98,99)/t50?,57-,58-,59-,60-,61-,62-,63-,64-,75?/m0/s1. The van der Waals surface area contributed by atoms with Gasteiger partial charge in [-0.1, -0.05) is 49.9 Å². The number of carbonyl (C=O) groups excluding carboxylic acids is 9. The molecule has 4 aromatic carbocycles. The lowest BCUT2D eigenvalue weighted by molar-refractivity contribution is -0.141. The van der Waals surface area contributed by atoms with E-state index in [2.05, 4.69) is 68.1 Å². The molecule has 2 bridgehead atoms. The molecule has 1 saturated carbocycles. The van der Waals surface area contributed by atoms with Crippen molar-refractivity contribution < 1.29 is 71.3 Å². The number of amides is 9. The number of aromatic nitrogens is 3. The Hall–Kier alpha value is -9.51. The molecule has 28 nitrogen and oxygen atoms in total. The van der Waals surface area contributed by atoms with Crippen LogP contribution in [0.5, 0.6) is 0 Å². The summed E-state index contributed by atoms with van der Waals surface area (Å²) in [5.41, 5.74) is 15.5. The van der Waals surface area contributed by atoms with Crippen LogP contribution in [-0.4, -0.2) is 193 Å². The van der Waals surface area contributed by atoms with Crippen LogP contribution in [0.4, 0.5) is 13.2 Å². The van der Waals surface area contributed by atoms with Crippen LogP contribution in [0.1, 0.15) is 118 Å². The number of nitrogens with two attached hydrogens (primary N) is 2. The lowest BCUT2D eigenvalue weighted by atomic mass is 9.99. The molecule has 19 N–H and O–H groups in total. The molecule has 3 aromatic heterocycles. The molecule has 1 spiro atoms. The first-order valence-electron chi connectivity index (χ1n) is 37.0. The number of nitrogens with one attached hydrogen (secondary N) is 13. The van der Waals surface area contributed by atoms with Gasteiger partial charge in [-0.15, -0.1) is 0 Å². The number of primary amides is 1. The maximum Gasteiger partial charge on any atom is 0.305 e. The van der Waals surface area contributed by atoms with Crippen molar-refractivity contribution in [3.05, 3.63) is 143 Å². The number of hydrogen-bond acceptors (Lipinski definition) is 17. The average Bonchev–Trinajstić information content (AvgIpc) is 1.71. The normalized spacial score (nSPS) is 24.9. The number of aliphatic hydroxyl groups is 1. The van der Waals surface area contributed by atoms with E-state index in [1.54, 1.807) is 6.20 Å². The minimum atomic E-state index is -2.02. The molecule has 1 aliphatic carbocycles. The molecule has 3 aliphatic heterocycles. The first-order chi connectivity index (χ1) is 52.5. The smallest absolute Gasteiger partial charge is 0.305 e. The van der Waals surface area contributed by atoms with Gasteiger partial charge in [0.15, 0.2) is 0 Å². The van der Waals surface area contributed by atoms with Crippen molar-refractivity contribution in [2.24, 2.45) is 11.5 Å². The number of fused-ring (bicyclic) bond motifs is 6. The number of rotatable bonds is 15. The molecule has 33 heteroatoms. The van der Waals surface area contributed by atoms with E-state index in [0.29, 0.717) is 88.1 Å². The Morgan fingerprint density at radius 1 is 0.587 bits per heavy atom. The van der Waals surface area contributed by atoms with Crippen LogP contribution in [0.2, 0.25) is 0 Å². The van der Waals surface area contributed by atoms with Crippen LogP contribution in [0, 0.1) is 17.5 Å². The highest BCUT2D eigenvalue weighted by atomic mass is 32.2. The number of nitrogens with zero attached hydrogens (tertiary/aromatic N) is 1. The summed E-state index contributed by atoms with van der Waals surface area (Å²) in [5, 5.41) is 53.3. The highest BCUT2D eigenvalue weighted by Gasteiger charge is 2.44. The zero-order valence-corrected chi connectivity index (χ0v) is 61.9. The number of carboxylic acid groups (broad SMARTS) is 1. The minimum absolute atomic E-state index is 0.0130. The summed E-state index contributed by atoms with van der Waals surface area (Å²) in [6.45, 7) is -0.00643. The summed E-state index contributed by atoms with van der Waals surface area (Å²) in [5.74, 6) is -9.93. The van der Waals surface area contributed by atoms with Gasteiger partial charge in [0.2, 0.25) is 53.2 Å². The molecule has 109 heavy (non-hydrogen) atoms. The summed E-state index contributed by atoms with van der Waals surface area (Å²) >= 11 is 2.82. The van der Waals surface area contributed by atoms with Gasteiger partial charge in [-0.3, -0.25) is 63.5 Å². The van der Waals surface area contributed by atoms with Crippen LogP contribution in [0.3, 0.4) is 0 Å². The summed E-state index contributed by atoms with van der Waals surface area (Å²) in [6.07, 6.45) is 7.52. The fourth-order valence-electron chi connectivity index (χ4n) is 15.0. The van der Waals surface area contributed by atoms with E-state index in [-0.39, 0.29) is 61.8 Å². The Kier molecular flexibility index (Phi) is 27.9. The highest BCUT2D eigenvalue weighted by Crippen LogP contribution is 2.31. The van der Waals surface area contributed by atoms with Crippen LogP contribution in [-0.2, 0) is 78.7 Å². The second kappa shape index (κ2) is 37.7. The van der Waals surface area contributed by atoms with E-state index in [1.165, 1.54) is 95.4 Å². The zero-order chi connectivity index (χ0) is 77.3. The molecule has 10 atom stereocenters. The van der Waals surface area contributed by atoms with E-state index in [4.69, 9.17) is 11.5 Å². The van der Waals surface area contributed by atoms with Crippen LogP contribution in [0.15, 0.2) is 97.5 Å². The van der Waals surface area contributed by atoms with Crippen molar-refractivity contribution in [2.75, 3.05) is 37.7 Å². The van der Waals surface area contributed by atoms with Crippen LogP contribution in [0.25, 0.3) is 32.7 Å². The molecule has 7 aromatic rings. The van der Waals surface area contributed by atoms with E-state index < -0.39 is 162 Å². The van der Waals surface area contributed by atoms with E-state index in [0.717, 1.165) is 49.7 Å². The van der Waals surface area contributed by atoms with Crippen molar-refractivity contribution in [2.45, 2.75) is 187 Å². The summed E-state index contributed by atoms with van der Waals surface area (Å²) in [6, 6.07) is 7.20. The topological polar surface area (TPSA) is 434 Å². The Labute approximate surface area is 635 Å². The highest BCUT2D eigenvalue weighted by molar-refractivity contribution is 7.98. The molecule has 0 radical (unpaired) electrons. The van der Waals surface area contributed by atoms with Gasteiger partial charge in [0.25, 0.3) is 0 Å². The van der Waals surface area contributed by atoms with Crippen LogP contribution < -0.4 is 64.6 Å². The third kappa shape index (κ3) is 21.7. The van der Waals surface area contributed by atoms with Gasteiger partial charge in [0.05, 0.1) is 30.7 Å². The Morgan fingerprint density at radius 2 is 1.14 bits per heavy atom. The predicted octanol–water partition coefficient (Wildman–Crippen LogP) is 3.53. The minimum Gasteiger partial charge on any atom is -0.481 e. The van der Waals surface area contributed by atoms with Gasteiger partial charge in [0.1, 0.15) is 59.9 Å². The fourth-order valence-corrected chi connectivity index (χ4v) is 16.9. The third-order valence-corrected chi connectivity index (χ3v) is 22.8. The number of halogens is 3. The predicted molar refractivity (Wildman–Crippen MR) is 406 cm³/mol. The fraction of sp³-hybridized carbons (Fsp3) is 0.474. The average molecular weight is 1550 g/mol. The SMILES string of the molecule is NCCCC[C@@H]1NC(=O)CCSCc2cccc(c2)CSC[C@@H](C(N)=O)NC(=O)[C@@H]2CCCN2C(O)[C@H](Cc2c[nH]c3ccc(F)cc23)NC(=O)[C@H](CC2CNC3(CCCCCC3)N2)NC(=O)[C@H](CC(=O)O)NC(=O)[C@H](Cc2c[nH]c3ccc(F)cc23)NC(=O)[C@H](Cc2c[nH]c3ccc(F)cc23)NC(=O)CNC1=O. The van der Waals surface area contributed by atoms with Gasteiger partial charge in [-0.2, -0.15) is 23.5 Å². The first-order valence-corrected chi connectivity index (χ1v) is 39.3. The number of hydrogen-bond donors (Lipinski definition) is 17. The molecule has 3 fully saturated rings. The van der Waals surface area contributed by atoms with Crippen molar-refractivity contribution in [1.82, 2.24) is 73.0 Å². The molecule has 2 unspecified atom stereocenters. The van der Waals surface area contributed by atoms with Crippen molar-refractivity contribution in [1.29, 1.82) is 0 Å². The Morgan fingerprint density at radius 3 is 1.73 bits per heavy atom. The molecule has 11 rings (SSSR count). The maximum absolute atomic E-state index is 15.6. The number of carbonyl (C=O) groups is 10. The third-order valence-electron chi connectivity index (χ3n) is 20.6. The van der Waals surface area contributed by atoms with Gasteiger partial charge >= 0.3 is 5.97 Å². The zero-order valence-electron chi connectivity index (χ0n) is 60.2. The summed E-state index contributed by atoms with van der Waals surface area (Å²) < 4.78 is 45.2. The van der Waals surface area contributed by atoms with Gasteiger partial charge in [-0.05, 0) is 147 Å². The number of aliphatic hydroxyl groups excluding tert-OH is 1. The number of thioether (sulfide) groups is 2. The number of H-pyrrole nitrogens is 3. The summed E-state index contributed by atoms with van der Waals surface area (Å²) in [4.78, 5) is 155. The molecular formula is C76H95F3N16O12S2. The van der Waals surface area contributed by atoms with Crippen molar-refractivity contribution >= 4 is 115 Å². The van der Waals surface area contributed by atoms with Gasteiger partial charge in [-0.25, -0.2) is 13.2 Å². The number of aromatic amines is 3. The summed E-state index contributed by atoms with van der Waals surface area (Å²) in [7, 11) is 0. The molecule has 584 valence electrons. The van der Waals surface area contributed by atoms with Crippen LogP contribution >= 0.6 is 23.5 Å². The van der Waals surface area contributed by atoms with E-state index in [9.17, 15) is 43.4 Å². The molecule has 2 saturated heterocycles. The quantitative estimate of drug-likeness (QED) is 0.0653. The lowest BCUT2D eigenvalue weighted by Crippen LogP contribution is -2.62.